The van der Waals surface area contributed by atoms with E-state index in [1.54, 1.807) is 52.1 Å². The molecule has 2 N–H and O–H groups in total. The van der Waals surface area contributed by atoms with Crippen molar-refractivity contribution in [3.63, 3.8) is 0 Å². The van der Waals surface area contributed by atoms with Gasteiger partial charge in [-0.2, -0.15) is 0 Å². The van der Waals surface area contributed by atoms with Gasteiger partial charge < -0.3 is 20.1 Å². The van der Waals surface area contributed by atoms with Crippen LogP contribution in [0.25, 0.3) is 0 Å². The van der Waals surface area contributed by atoms with E-state index in [0.717, 1.165) is 11.1 Å². The van der Waals surface area contributed by atoms with E-state index in [4.69, 9.17) is 9.47 Å². The monoisotopic (exact) mass is 439 g/mol. The number of benzene rings is 2. The van der Waals surface area contributed by atoms with E-state index >= 15 is 0 Å². The Balaban J connectivity index is 1.66. The smallest absolute Gasteiger partial charge is 0.411 e. The van der Waals surface area contributed by atoms with Crippen LogP contribution in [0.4, 0.5) is 10.5 Å². The van der Waals surface area contributed by atoms with E-state index < -0.39 is 23.6 Å². The minimum atomic E-state index is -0.770. The first-order valence-electron chi connectivity index (χ1n) is 10.4. The topological polar surface area (TPSA) is 97.0 Å². The van der Waals surface area contributed by atoms with Gasteiger partial charge >= 0.3 is 6.09 Å². The zero-order valence-electron chi connectivity index (χ0n) is 18.8. The number of rotatable bonds is 5. The summed E-state index contributed by atoms with van der Waals surface area (Å²) in [6.07, 6.45) is -0.212. The molecule has 0 aliphatic carbocycles. The Labute approximate surface area is 187 Å². The van der Waals surface area contributed by atoms with Gasteiger partial charge in [0.15, 0.2) is 0 Å². The lowest BCUT2D eigenvalue weighted by Gasteiger charge is -2.36. The molecule has 170 valence electrons. The second-order valence-corrected chi connectivity index (χ2v) is 8.59. The number of nitrogens with zero attached hydrogens (tertiary/aromatic N) is 1. The fourth-order valence-corrected chi connectivity index (χ4v) is 3.43. The number of fused-ring (bicyclic) bond motifs is 1. The van der Waals surface area contributed by atoms with Crippen molar-refractivity contribution in [3.05, 3.63) is 59.7 Å². The first-order chi connectivity index (χ1) is 15.2. The van der Waals surface area contributed by atoms with Gasteiger partial charge in [-0.05, 0) is 56.2 Å². The number of hydrogen-bond donors (Lipinski definition) is 2. The van der Waals surface area contributed by atoms with Crippen LogP contribution in [0.1, 0.15) is 31.9 Å². The van der Waals surface area contributed by atoms with Crippen LogP contribution in [0.3, 0.4) is 0 Å². The minimum Gasteiger partial charge on any atom is -0.497 e. The van der Waals surface area contributed by atoms with Gasteiger partial charge in [-0.15, -0.1) is 0 Å². The van der Waals surface area contributed by atoms with Crippen molar-refractivity contribution in [3.8, 4) is 5.75 Å². The number of methoxy groups -OCH3 is 1. The van der Waals surface area contributed by atoms with Crippen LogP contribution in [-0.4, -0.2) is 48.1 Å². The van der Waals surface area contributed by atoms with Crippen molar-refractivity contribution in [2.24, 2.45) is 0 Å². The molecule has 0 bridgehead atoms. The van der Waals surface area contributed by atoms with Crippen LogP contribution in [0, 0.1) is 0 Å². The molecule has 1 atom stereocenters. The Kier molecular flexibility index (Phi) is 7.02. The molecule has 0 unspecified atom stereocenters. The third-order valence-corrected chi connectivity index (χ3v) is 4.98. The second-order valence-electron chi connectivity index (χ2n) is 8.59. The normalized spacial score (nSPS) is 15.4. The van der Waals surface area contributed by atoms with E-state index in [1.165, 1.54) is 4.90 Å². The molecular weight excluding hydrogens is 410 g/mol. The maximum atomic E-state index is 13.0. The van der Waals surface area contributed by atoms with Crippen LogP contribution in [0.5, 0.6) is 5.75 Å². The Morgan fingerprint density at radius 2 is 1.69 bits per heavy atom. The van der Waals surface area contributed by atoms with Crippen LogP contribution < -0.4 is 15.4 Å². The van der Waals surface area contributed by atoms with Crippen LogP contribution >= 0.6 is 0 Å². The molecule has 0 saturated carbocycles. The van der Waals surface area contributed by atoms with Crippen molar-refractivity contribution in [1.82, 2.24) is 10.2 Å². The molecule has 0 aromatic heterocycles. The zero-order chi connectivity index (χ0) is 23.3. The quantitative estimate of drug-likeness (QED) is 0.746. The van der Waals surface area contributed by atoms with E-state index in [0.29, 0.717) is 17.9 Å². The summed E-state index contributed by atoms with van der Waals surface area (Å²) in [6, 6.07) is 13.8. The number of ether oxygens (including phenoxy) is 2. The molecule has 1 aliphatic heterocycles. The first kappa shape index (κ1) is 23.1. The molecule has 8 nitrogen and oxygen atoms in total. The van der Waals surface area contributed by atoms with Crippen LogP contribution in [-0.2, 0) is 27.3 Å². The Morgan fingerprint density at radius 3 is 2.31 bits per heavy atom. The van der Waals surface area contributed by atoms with E-state index in [1.807, 2.05) is 24.3 Å². The molecule has 0 saturated heterocycles. The Hall–Kier alpha value is -3.55. The van der Waals surface area contributed by atoms with Gasteiger partial charge in [0.1, 0.15) is 17.4 Å². The summed E-state index contributed by atoms with van der Waals surface area (Å²) >= 11 is 0. The standard InChI is InChI=1S/C24H29N3O5/c1-24(2,3)32-23(30)27-15-17-8-6-5-7-16(17)13-20(27)22(29)25-14-21(28)26-18-9-11-19(31-4)12-10-18/h5-12,20H,13-15H2,1-4H3,(H,25,29)(H,26,28)/t20-/m0/s1. The summed E-state index contributed by atoms with van der Waals surface area (Å²) in [4.78, 5) is 39.5. The minimum absolute atomic E-state index is 0.217. The lowest BCUT2D eigenvalue weighted by atomic mass is 9.94. The summed E-state index contributed by atoms with van der Waals surface area (Å²) < 4.78 is 10.6. The molecule has 0 spiro atoms. The van der Waals surface area contributed by atoms with Gasteiger partial charge in [0, 0.05) is 12.1 Å². The van der Waals surface area contributed by atoms with Crippen molar-refractivity contribution >= 4 is 23.6 Å². The van der Waals surface area contributed by atoms with Crippen molar-refractivity contribution in [2.45, 2.75) is 45.4 Å². The maximum Gasteiger partial charge on any atom is 0.411 e. The highest BCUT2D eigenvalue weighted by Gasteiger charge is 2.37. The summed E-state index contributed by atoms with van der Waals surface area (Å²) in [5, 5.41) is 5.37. The molecule has 2 aromatic rings. The Bertz CT molecular complexity index is 982. The second kappa shape index (κ2) is 9.72. The van der Waals surface area contributed by atoms with Crippen LogP contribution in [0.2, 0.25) is 0 Å². The van der Waals surface area contributed by atoms with Gasteiger partial charge in [0.2, 0.25) is 11.8 Å². The molecule has 2 aromatic carbocycles. The molecular formula is C24H29N3O5. The fourth-order valence-electron chi connectivity index (χ4n) is 3.43. The summed E-state index contributed by atoms with van der Waals surface area (Å²) in [6.45, 7) is 5.39. The lowest BCUT2D eigenvalue weighted by Crippen LogP contribution is -2.54. The summed E-state index contributed by atoms with van der Waals surface area (Å²) in [5.74, 6) is -0.102. The van der Waals surface area contributed by atoms with E-state index in [2.05, 4.69) is 10.6 Å². The molecule has 1 aliphatic rings. The highest BCUT2D eigenvalue weighted by molar-refractivity contribution is 5.96. The molecule has 1 heterocycles. The number of amides is 3. The average molecular weight is 440 g/mol. The van der Waals surface area contributed by atoms with Crippen molar-refractivity contribution in [2.75, 3.05) is 19.0 Å². The highest BCUT2D eigenvalue weighted by atomic mass is 16.6. The van der Waals surface area contributed by atoms with Crippen LogP contribution in [0.15, 0.2) is 48.5 Å². The highest BCUT2D eigenvalue weighted by Crippen LogP contribution is 2.25. The van der Waals surface area contributed by atoms with Gasteiger partial charge in [-0.3, -0.25) is 14.5 Å². The van der Waals surface area contributed by atoms with Crippen molar-refractivity contribution < 1.29 is 23.9 Å². The molecule has 3 rings (SSSR count). The maximum absolute atomic E-state index is 13.0. The molecule has 8 heteroatoms. The summed E-state index contributed by atoms with van der Waals surface area (Å²) in [7, 11) is 1.56. The first-order valence-corrected chi connectivity index (χ1v) is 10.4. The predicted octanol–water partition coefficient (Wildman–Crippen LogP) is 3.11. The third kappa shape index (κ3) is 6.00. The Morgan fingerprint density at radius 1 is 1.03 bits per heavy atom. The SMILES string of the molecule is COc1ccc(NC(=O)CNC(=O)[C@@H]2Cc3ccccc3CN2C(=O)OC(C)(C)C)cc1. The van der Waals surface area contributed by atoms with Crippen molar-refractivity contribution in [1.29, 1.82) is 0 Å². The lowest BCUT2D eigenvalue weighted by molar-refractivity contribution is -0.128. The van der Waals surface area contributed by atoms with Gasteiger partial charge in [0.25, 0.3) is 0 Å². The number of nitrogens with one attached hydrogen (secondary N) is 2. The average Bonchev–Trinajstić information content (AvgIpc) is 2.76. The fraction of sp³-hybridized carbons (Fsp3) is 0.375. The summed E-state index contributed by atoms with van der Waals surface area (Å²) in [5.41, 5.74) is 1.87. The van der Waals surface area contributed by atoms with E-state index in [9.17, 15) is 14.4 Å². The largest absolute Gasteiger partial charge is 0.497 e. The zero-order valence-corrected chi connectivity index (χ0v) is 18.8. The molecule has 0 fully saturated rings. The van der Waals surface area contributed by atoms with Gasteiger partial charge in [-0.25, -0.2) is 4.79 Å². The number of carbonyl (C=O) groups excluding carboxylic acids is 3. The van der Waals surface area contributed by atoms with E-state index in [-0.39, 0.29) is 19.0 Å². The van der Waals surface area contributed by atoms with Gasteiger partial charge in [-0.1, -0.05) is 24.3 Å². The number of carbonyl (C=O) groups is 3. The molecule has 32 heavy (non-hydrogen) atoms. The van der Waals surface area contributed by atoms with Gasteiger partial charge in [0.05, 0.1) is 20.2 Å². The molecule has 3 amide bonds. The number of anilines is 1. The number of hydrogen-bond acceptors (Lipinski definition) is 5. The predicted molar refractivity (Wildman–Crippen MR) is 120 cm³/mol. The molecule has 0 radical (unpaired) electrons. The third-order valence-electron chi connectivity index (χ3n) is 4.98.